The van der Waals surface area contributed by atoms with Crippen molar-refractivity contribution in [3.05, 3.63) is 42.1 Å². The Morgan fingerprint density at radius 3 is 2.63 bits per heavy atom. The van der Waals surface area contributed by atoms with Crippen molar-refractivity contribution < 1.29 is 14.3 Å². The Labute approximate surface area is 110 Å². The third kappa shape index (κ3) is 1.95. The third-order valence-electron chi connectivity index (χ3n) is 3.23. The highest BCUT2D eigenvalue weighted by Gasteiger charge is 2.28. The van der Waals surface area contributed by atoms with Gasteiger partial charge in [0, 0.05) is 30.7 Å². The fourth-order valence-corrected chi connectivity index (χ4v) is 2.47. The summed E-state index contributed by atoms with van der Waals surface area (Å²) in [6, 6.07) is 11.6. The predicted molar refractivity (Wildman–Crippen MR) is 70.1 cm³/mol. The van der Waals surface area contributed by atoms with Crippen molar-refractivity contribution in [2.45, 2.75) is 19.8 Å². The van der Waals surface area contributed by atoms with Crippen LogP contribution >= 0.6 is 0 Å². The average molecular weight is 255 g/mol. The van der Waals surface area contributed by atoms with Crippen molar-refractivity contribution >= 4 is 11.9 Å². The van der Waals surface area contributed by atoms with Crippen LogP contribution in [-0.4, -0.2) is 16.4 Å². The first-order chi connectivity index (χ1) is 9.16. The molecule has 3 rings (SSSR count). The second kappa shape index (κ2) is 4.39. The summed E-state index contributed by atoms with van der Waals surface area (Å²) in [5.41, 5.74) is 2.91. The minimum absolute atomic E-state index is 0.0200. The molecule has 4 heteroatoms. The molecule has 0 aliphatic carbocycles. The SMILES string of the molecule is CC(=O)Oc1cc(-c2ccccc2)c2n1C(=O)CC2. The molecule has 1 aliphatic heterocycles. The van der Waals surface area contributed by atoms with E-state index in [1.807, 2.05) is 30.3 Å². The maximum absolute atomic E-state index is 11.9. The van der Waals surface area contributed by atoms with Crippen molar-refractivity contribution in [2.24, 2.45) is 0 Å². The smallest absolute Gasteiger partial charge is 0.309 e. The van der Waals surface area contributed by atoms with E-state index in [1.54, 1.807) is 6.07 Å². The van der Waals surface area contributed by atoms with Gasteiger partial charge in [-0.1, -0.05) is 30.3 Å². The fraction of sp³-hybridized carbons (Fsp3) is 0.200. The number of nitrogens with zero attached hydrogens (tertiary/aromatic N) is 1. The number of fused-ring (bicyclic) bond motifs is 1. The minimum atomic E-state index is -0.417. The molecule has 0 saturated heterocycles. The first-order valence-electron chi connectivity index (χ1n) is 6.18. The largest absolute Gasteiger partial charge is 0.409 e. The van der Waals surface area contributed by atoms with E-state index in [1.165, 1.54) is 11.5 Å². The van der Waals surface area contributed by atoms with Gasteiger partial charge in [0.2, 0.25) is 11.8 Å². The standard InChI is InChI=1S/C15H13NO3/c1-10(17)19-15-9-12(11-5-3-2-4-6-11)13-7-8-14(18)16(13)15/h2-6,9H,7-8H2,1H3. The summed E-state index contributed by atoms with van der Waals surface area (Å²) < 4.78 is 6.65. The van der Waals surface area contributed by atoms with Gasteiger partial charge >= 0.3 is 5.97 Å². The summed E-state index contributed by atoms with van der Waals surface area (Å²) in [4.78, 5) is 23.0. The van der Waals surface area contributed by atoms with E-state index >= 15 is 0 Å². The van der Waals surface area contributed by atoms with E-state index in [2.05, 4.69) is 0 Å². The predicted octanol–water partition coefficient (Wildman–Crippen LogP) is 2.67. The summed E-state index contributed by atoms with van der Waals surface area (Å²) in [6.07, 6.45) is 1.15. The number of ether oxygens (including phenoxy) is 1. The molecular weight excluding hydrogens is 242 g/mol. The molecule has 0 radical (unpaired) electrons. The van der Waals surface area contributed by atoms with Gasteiger partial charge in [-0.2, -0.15) is 0 Å². The Kier molecular flexibility index (Phi) is 2.71. The molecule has 2 heterocycles. The number of carbonyl (C=O) groups is 2. The van der Waals surface area contributed by atoms with E-state index in [4.69, 9.17) is 4.74 Å². The van der Waals surface area contributed by atoms with Crippen LogP contribution in [0, 0.1) is 0 Å². The van der Waals surface area contributed by atoms with Gasteiger partial charge < -0.3 is 4.74 Å². The molecule has 19 heavy (non-hydrogen) atoms. The van der Waals surface area contributed by atoms with Crippen molar-refractivity contribution in [3.8, 4) is 17.0 Å². The zero-order valence-corrected chi connectivity index (χ0v) is 10.6. The number of hydrogen-bond donors (Lipinski definition) is 0. The van der Waals surface area contributed by atoms with Crippen molar-refractivity contribution in [1.82, 2.24) is 4.57 Å². The Balaban J connectivity index is 2.15. The van der Waals surface area contributed by atoms with Gasteiger partial charge in [0.15, 0.2) is 0 Å². The molecule has 0 N–H and O–H groups in total. The second-order valence-corrected chi connectivity index (χ2v) is 4.53. The average Bonchev–Trinajstić information content (AvgIpc) is 2.93. The quantitative estimate of drug-likeness (QED) is 0.775. The molecule has 0 spiro atoms. The molecule has 0 bridgehead atoms. The van der Waals surface area contributed by atoms with Crippen LogP contribution in [0.15, 0.2) is 36.4 Å². The van der Waals surface area contributed by atoms with Crippen LogP contribution in [0.2, 0.25) is 0 Å². The summed E-state index contributed by atoms with van der Waals surface area (Å²) >= 11 is 0. The lowest BCUT2D eigenvalue weighted by molar-refractivity contribution is -0.132. The highest BCUT2D eigenvalue weighted by atomic mass is 16.5. The molecule has 96 valence electrons. The highest BCUT2D eigenvalue weighted by molar-refractivity contribution is 5.89. The summed E-state index contributed by atoms with van der Waals surface area (Å²) in [6.45, 7) is 1.33. The highest BCUT2D eigenvalue weighted by Crippen LogP contribution is 2.35. The van der Waals surface area contributed by atoms with Gasteiger partial charge in [0.1, 0.15) is 0 Å². The Bertz CT molecular complexity index is 656. The number of hydrogen-bond acceptors (Lipinski definition) is 3. The first kappa shape index (κ1) is 11.7. The van der Waals surface area contributed by atoms with Gasteiger partial charge in [-0.05, 0) is 12.0 Å². The first-order valence-corrected chi connectivity index (χ1v) is 6.18. The molecule has 0 amide bonds. The summed E-state index contributed by atoms with van der Waals surface area (Å²) in [7, 11) is 0. The number of rotatable bonds is 2. The topological polar surface area (TPSA) is 48.3 Å². The lowest BCUT2D eigenvalue weighted by Crippen LogP contribution is -2.10. The van der Waals surface area contributed by atoms with Crippen LogP contribution in [0.25, 0.3) is 11.1 Å². The summed E-state index contributed by atoms with van der Waals surface area (Å²) in [5, 5.41) is 0. The van der Waals surface area contributed by atoms with E-state index in [-0.39, 0.29) is 5.91 Å². The number of carbonyl (C=O) groups excluding carboxylic acids is 2. The zero-order chi connectivity index (χ0) is 13.4. The normalized spacial score (nSPS) is 13.4. The fourth-order valence-electron chi connectivity index (χ4n) is 2.47. The molecule has 1 aromatic carbocycles. The molecule has 0 unspecified atom stereocenters. The van der Waals surface area contributed by atoms with Gasteiger partial charge in [0.05, 0.1) is 0 Å². The molecule has 2 aromatic rings. The van der Waals surface area contributed by atoms with Gasteiger partial charge in [-0.25, -0.2) is 0 Å². The van der Waals surface area contributed by atoms with Crippen LogP contribution in [0.3, 0.4) is 0 Å². The van der Waals surface area contributed by atoms with Crippen molar-refractivity contribution in [2.75, 3.05) is 0 Å². The van der Waals surface area contributed by atoms with Gasteiger partial charge in [0.25, 0.3) is 0 Å². The van der Waals surface area contributed by atoms with E-state index in [0.29, 0.717) is 18.7 Å². The molecule has 1 aliphatic rings. The molecule has 0 saturated carbocycles. The molecule has 0 atom stereocenters. The summed E-state index contributed by atoms with van der Waals surface area (Å²) in [5.74, 6) is -0.114. The minimum Gasteiger partial charge on any atom is -0.409 e. The van der Waals surface area contributed by atoms with Crippen LogP contribution in [0.4, 0.5) is 0 Å². The number of esters is 1. The van der Waals surface area contributed by atoms with Crippen LogP contribution in [-0.2, 0) is 11.2 Å². The van der Waals surface area contributed by atoms with Crippen LogP contribution in [0.5, 0.6) is 5.88 Å². The van der Waals surface area contributed by atoms with E-state index in [9.17, 15) is 9.59 Å². The lowest BCUT2D eigenvalue weighted by Gasteiger charge is -2.02. The lowest BCUT2D eigenvalue weighted by atomic mass is 10.0. The number of benzene rings is 1. The Morgan fingerprint density at radius 2 is 1.95 bits per heavy atom. The van der Waals surface area contributed by atoms with Gasteiger partial charge in [-0.15, -0.1) is 0 Å². The third-order valence-corrected chi connectivity index (χ3v) is 3.23. The molecule has 4 nitrogen and oxygen atoms in total. The van der Waals surface area contributed by atoms with Crippen LogP contribution in [0.1, 0.15) is 23.8 Å². The maximum Gasteiger partial charge on any atom is 0.309 e. The van der Waals surface area contributed by atoms with E-state index in [0.717, 1.165) is 16.8 Å². The molecular formula is C15H13NO3. The van der Waals surface area contributed by atoms with Crippen molar-refractivity contribution in [3.63, 3.8) is 0 Å². The monoisotopic (exact) mass is 255 g/mol. The molecule has 0 fully saturated rings. The molecule has 1 aromatic heterocycles. The maximum atomic E-state index is 11.9. The van der Waals surface area contributed by atoms with Crippen LogP contribution < -0.4 is 4.74 Å². The second-order valence-electron chi connectivity index (χ2n) is 4.53. The van der Waals surface area contributed by atoms with Gasteiger partial charge in [-0.3, -0.25) is 14.2 Å². The van der Waals surface area contributed by atoms with E-state index < -0.39 is 5.97 Å². The zero-order valence-electron chi connectivity index (χ0n) is 10.6. The van der Waals surface area contributed by atoms with Crippen molar-refractivity contribution in [1.29, 1.82) is 0 Å². The number of aromatic nitrogens is 1. The Morgan fingerprint density at radius 1 is 1.21 bits per heavy atom. The Hall–Kier alpha value is -2.36.